The second kappa shape index (κ2) is 7.19. The highest BCUT2D eigenvalue weighted by atomic mass is 19.1. The Hall–Kier alpha value is -2.47. The van der Waals surface area contributed by atoms with Gasteiger partial charge in [0.25, 0.3) is 0 Å². The van der Waals surface area contributed by atoms with Crippen molar-refractivity contribution in [2.45, 2.75) is 20.4 Å². The quantitative estimate of drug-likeness (QED) is 0.844. The van der Waals surface area contributed by atoms with Crippen LogP contribution in [0.15, 0.2) is 30.3 Å². The van der Waals surface area contributed by atoms with Gasteiger partial charge in [-0.2, -0.15) is 0 Å². The molecule has 6 heteroatoms. The van der Waals surface area contributed by atoms with Crippen LogP contribution < -0.4 is 5.32 Å². The van der Waals surface area contributed by atoms with E-state index in [0.717, 1.165) is 17.0 Å². The number of carbonyl (C=O) groups is 2. The number of nitrogens with zero attached hydrogens (tertiary/aromatic N) is 2. The van der Waals surface area contributed by atoms with Gasteiger partial charge in [-0.15, -0.1) is 0 Å². The minimum absolute atomic E-state index is 0.0214. The predicted octanol–water partition coefficient (Wildman–Crippen LogP) is 1.91. The van der Waals surface area contributed by atoms with Crippen LogP contribution in [0.25, 0.3) is 0 Å². The van der Waals surface area contributed by atoms with Gasteiger partial charge < -0.3 is 9.88 Å². The van der Waals surface area contributed by atoms with Crippen LogP contribution in [0.2, 0.25) is 0 Å². The Morgan fingerprint density at radius 3 is 2.64 bits per heavy atom. The van der Waals surface area contributed by atoms with E-state index in [1.807, 2.05) is 24.8 Å². The number of carbonyl (C=O) groups excluding carboxylic acids is 2. The fourth-order valence-electron chi connectivity index (χ4n) is 3.21. The number of halogens is 1. The van der Waals surface area contributed by atoms with Crippen LogP contribution >= 0.6 is 0 Å². The van der Waals surface area contributed by atoms with Gasteiger partial charge in [0.15, 0.2) is 5.78 Å². The number of nitrogens with one attached hydrogen (secondary N) is 1. The van der Waals surface area contributed by atoms with Crippen molar-refractivity contribution in [1.29, 1.82) is 0 Å². The molecule has 0 spiro atoms. The molecule has 1 fully saturated rings. The second-order valence-electron chi connectivity index (χ2n) is 6.48. The zero-order chi connectivity index (χ0) is 18.0. The first-order chi connectivity index (χ1) is 11.9. The lowest BCUT2D eigenvalue weighted by Gasteiger charge is -2.25. The van der Waals surface area contributed by atoms with Gasteiger partial charge in [-0.3, -0.25) is 14.5 Å². The van der Waals surface area contributed by atoms with E-state index >= 15 is 0 Å². The molecule has 3 rings (SSSR count). The minimum Gasteiger partial charge on any atom is -0.354 e. The number of Topliss-reactive ketones (excluding diaryl/α,β-unsaturated/α-hetero) is 1. The van der Waals surface area contributed by atoms with Crippen LogP contribution in [0, 0.1) is 19.7 Å². The molecule has 0 unspecified atom stereocenters. The molecule has 1 aliphatic heterocycles. The fourth-order valence-corrected chi connectivity index (χ4v) is 3.21. The zero-order valence-electron chi connectivity index (χ0n) is 14.5. The molecule has 1 N–H and O–H groups in total. The number of ketones is 1. The predicted molar refractivity (Wildman–Crippen MR) is 93.2 cm³/mol. The van der Waals surface area contributed by atoms with Gasteiger partial charge in [0, 0.05) is 36.6 Å². The molecule has 0 atom stereocenters. The van der Waals surface area contributed by atoms with E-state index in [0.29, 0.717) is 25.2 Å². The molecule has 2 aromatic rings. The smallest absolute Gasteiger partial charge is 0.234 e. The lowest BCUT2D eigenvalue weighted by atomic mass is 10.1. The summed E-state index contributed by atoms with van der Waals surface area (Å²) >= 11 is 0. The molecule has 1 saturated heterocycles. The number of piperazine rings is 1. The van der Waals surface area contributed by atoms with Crippen LogP contribution in [0.3, 0.4) is 0 Å². The summed E-state index contributed by atoms with van der Waals surface area (Å²) in [6.45, 7) is 6.25. The van der Waals surface area contributed by atoms with Crippen molar-refractivity contribution in [2.75, 3.05) is 26.2 Å². The molecule has 1 aromatic heterocycles. The van der Waals surface area contributed by atoms with E-state index in [1.54, 1.807) is 12.1 Å². The van der Waals surface area contributed by atoms with Crippen molar-refractivity contribution < 1.29 is 14.0 Å². The average molecular weight is 343 g/mol. The Kier molecular flexibility index (Phi) is 4.99. The number of hydrogen-bond donors (Lipinski definition) is 1. The van der Waals surface area contributed by atoms with Gasteiger partial charge >= 0.3 is 0 Å². The maximum Gasteiger partial charge on any atom is 0.234 e. The summed E-state index contributed by atoms with van der Waals surface area (Å²) in [6.07, 6.45) is 0. The maximum absolute atomic E-state index is 13.1. The SMILES string of the molecule is Cc1cc(C(=O)CN2CCNC(=O)C2)c(C)n1Cc1ccc(F)cc1. The fraction of sp³-hybridized carbons (Fsp3) is 0.368. The molecule has 25 heavy (non-hydrogen) atoms. The first-order valence-corrected chi connectivity index (χ1v) is 8.37. The third-order valence-electron chi connectivity index (χ3n) is 4.61. The summed E-state index contributed by atoms with van der Waals surface area (Å²) < 4.78 is 15.1. The topological polar surface area (TPSA) is 54.3 Å². The second-order valence-corrected chi connectivity index (χ2v) is 6.48. The van der Waals surface area contributed by atoms with Crippen molar-refractivity contribution in [3.05, 3.63) is 58.7 Å². The molecule has 1 amide bonds. The van der Waals surface area contributed by atoms with Gasteiger partial charge in [-0.1, -0.05) is 12.1 Å². The monoisotopic (exact) mass is 343 g/mol. The van der Waals surface area contributed by atoms with Gasteiger partial charge in [-0.25, -0.2) is 4.39 Å². The average Bonchev–Trinajstić information content (AvgIpc) is 2.85. The van der Waals surface area contributed by atoms with Crippen molar-refractivity contribution in [2.24, 2.45) is 0 Å². The molecule has 0 aliphatic carbocycles. The molecule has 0 radical (unpaired) electrons. The third-order valence-corrected chi connectivity index (χ3v) is 4.61. The number of aryl methyl sites for hydroxylation is 1. The molecule has 1 aliphatic rings. The number of rotatable bonds is 5. The van der Waals surface area contributed by atoms with Gasteiger partial charge in [0.05, 0.1) is 13.1 Å². The zero-order valence-corrected chi connectivity index (χ0v) is 14.5. The van der Waals surface area contributed by atoms with Crippen molar-refractivity contribution in [1.82, 2.24) is 14.8 Å². The molecule has 1 aromatic carbocycles. The highest BCUT2D eigenvalue weighted by Gasteiger charge is 2.22. The van der Waals surface area contributed by atoms with Crippen LogP contribution in [0.1, 0.15) is 27.3 Å². The highest BCUT2D eigenvalue weighted by Crippen LogP contribution is 2.18. The van der Waals surface area contributed by atoms with Crippen LogP contribution in [0.4, 0.5) is 4.39 Å². The highest BCUT2D eigenvalue weighted by molar-refractivity contribution is 5.99. The lowest BCUT2D eigenvalue weighted by Crippen LogP contribution is -2.49. The Bertz CT molecular complexity index is 796. The normalized spacial score (nSPS) is 15.2. The van der Waals surface area contributed by atoms with Gasteiger partial charge in [0.2, 0.25) is 5.91 Å². The van der Waals surface area contributed by atoms with E-state index in [2.05, 4.69) is 9.88 Å². The Morgan fingerprint density at radius 1 is 1.24 bits per heavy atom. The molecule has 5 nitrogen and oxygen atoms in total. The van der Waals surface area contributed by atoms with Gasteiger partial charge in [-0.05, 0) is 37.6 Å². The Labute approximate surface area is 146 Å². The van der Waals surface area contributed by atoms with Crippen LogP contribution in [-0.4, -0.2) is 47.3 Å². The summed E-state index contributed by atoms with van der Waals surface area (Å²) in [5.41, 5.74) is 3.55. The molecule has 2 heterocycles. The summed E-state index contributed by atoms with van der Waals surface area (Å²) in [5, 5.41) is 2.76. The molecular weight excluding hydrogens is 321 g/mol. The number of benzene rings is 1. The Morgan fingerprint density at radius 2 is 1.96 bits per heavy atom. The summed E-state index contributed by atoms with van der Waals surface area (Å²) in [7, 11) is 0. The van der Waals surface area contributed by atoms with Crippen LogP contribution in [0.5, 0.6) is 0 Å². The van der Waals surface area contributed by atoms with E-state index in [4.69, 9.17) is 0 Å². The van der Waals surface area contributed by atoms with E-state index in [-0.39, 0.29) is 30.6 Å². The van der Waals surface area contributed by atoms with Crippen molar-refractivity contribution in [3.63, 3.8) is 0 Å². The number of aromatic nitrogens is 1. The number of hydrogen-bond acceptors (Lipinski definition) is 3. The Balaban J connectivity index is 1.75. The maximum atomic E-state index is 13.1. The van der Waals surface area contributed by atoms with Crippen molar-refractivity contribution >= 4 is 11.7 Å². The first kappa shape index (κ1) is 17.4. The molecule has 0 bridgehead atoms. The molecule has 0 saturated carbocycles. The molecular formula is C19H22FN3O2. The van der Waals surface area contributed by atoms with Gasteiger partial charge in [0.1, 0.15) is 5.82 Å². The third kappa shape index (κ3) is 3.96. The minimum atomic E-state index is -0.258. The summed E-state index contributed by atoms with van der Waals surface area (Å²) in [5.74, 6) is -0.278. The standard InChI is InChI=1S/C19H22FN3O2/c1-13-9-17(18(24)11-22-8-7-21-19(25)12-22)14(2)23(13)10-15-3-5-16(20)6-4-15/h3-6,9H,7-8,10-12H2,1-2H3,(H,21,25). The number of amides is 1. The summed E-state index contributed by atoms with van der Waals surface area (Å²) in [4.78, 5) is 26.0. The van der Waals surface area contributed by atoms with E-state index in [1.165, 1.54) is 12.1 Å². The van der Waals surface area contributed by atoms with Crippen molar-refractivity contribution in [3.8, 4) is 0 Å². The summed E-state index contributed by atoms with van der Waals surface area (Å²) in [6, 6.07) is 8.28. The van der Waals surface area contributed by atoms with E-state index in [9.17, 15) is 14.0 Å². The van der Waals surface area contributed by atoms with E-state index < -0.39 is 0 Å². The molecule has 132 valence electrons. The van der Waals surface area contributed by atoms with Crippen LogP contribution in [-0.2, 0) is 11.3 Å². The lowest BCUT2D eigenvalue weighted by molar-refractivity contribution is -0.123. The first-order valence-electron chi connectivity index (χ1n) is 8.37. The largest absolute Gasteiger partial charge is 0.354 e.